The molecule has 0 unspecified atom stereocenters. The monoisotopic (exact) mass is 272 g/mol. The van der Waals surface area contributed by atoms with Crippen molar-refractivity contribution in [3.63, 3.8) is 0 Å². The van der Waals surface area contributed by atoms with Crippen molar-refractivity contribution in [1.29, 1.82) is 0 Å². The molecular formula is C14H10F2N4. The fourth-order valence-corrected chi connectivity index (χ4v) is 1.97. The van der Waals surface area contributed by atoms with Crippen molar-refractivity contribution in [3.05, 3.63) is 60.7 Å². The van der Waals surface area contributed by atoms with Gasteiger partial charge in [-0.3, -0.25) is 4.57 Å². The molecule has 0 spiro atoms. The van der Waals surface area contributed by atoms with E-state index < -0.39 is 11.6 Å². The number of nitrogens with zero attached hydrogens (tertiary/aromatic N) is 3. The quantitative estimate of drug-likeness (QED) is 0.780. The molecule has 3 rings (SSSR count). The minimum absolute atomic E-state index is 0.344. The molecule has 20 heavy (non-hydrogen) atoms. The number of nitrogens with two attached hydrogens (primary N) is 1. The van der Waals surface area contributed by atoms with E-state index in [1.807, 2.05) is 0 Å². The van der Waals surface area contributed by atoms with E-state index in [0.717, 1.165) is 12.1 Å². The zero-order valence-corrected chi connectivity index (χ0v) is 10.3. The maximum atomic E-state index is 13.3. The van der Waals surface area contributed by atoms with Crippen molar-refractivity contribution < 1.29 is 8.78 Å². The fraction of sp³-hybridized carbons (Fsp3) is 0. The molecule has 0 radical (unpaired) electrons. The Morgan fingerprint density at radius 3 is 2.70 bits per heavy atom. The number of hydrogen-bond acceptors (Lipinski definition) is 3. The molecule has 4 nitrogen and oxygen atoms in total. The SMILES string of the molecule is Nc1ncccc1-c1cncn1-c1ccc(F)c(F)c1. The molecule has 0 saturated carbocycles. The lowest BCUT2D eigenvalue weighted by Gasteiger charge is -2.09. The molecule has 2 N–H and O–H groups in total. The van der Waals surface area contributed by atoms with Gasteiger partial charge in [0.05, 0.1) is 23.9 Å². The van der Waals surface area contributed by atoms with Crippen LogP contribution < -0.4 is 5.73 Å². The summed E-state index contributed by atoms with van der Waals surface area (Å²) < 4.78 is 28.0. The van der Waals surface area contributed by atoms with Gasteiger partial charge in [-0.15, -0.1) is 0 Å². The largest absolute Gasteiger partial charge is 0.383 e. The van der Waals surface area contributed by atoms with Crippen molar-refractivity contribution in [3.8, 4) is 16.9 Å². The Balaban J connectivity index is 2.15. The van der Waals surface area contributed by atoms with Crippen LogP contribution in [0, 0.1) is 11.6 Å². The number of benzene rings is 1. The van der Waals surface area contributed by atoms with Crippen LogP contribution in [0.1, 0.15) is 0 Å². The minimum Gasteiger partial charge on any atom is -0.383 e. The smallest absolute Gasteiger partial charge is 0.160 e. The maximum absolute atomic E-state index is 13.3. The number of anilines is 1. The van der Waals surface area contributed by atoms with Gasteiger partial charge in [0.1, 0.15) is 5.82 Å². The zero-order valence-electron chi connectivity index (χ0n) is 10.3. The van der Waals surface area contributed by atoms with Crippen molar-refractivity contribution in [1.82, 2.24) is 14.5 Å². The molecule has 0 fully saturated rings. The van der Waals surface area contributed by atoms with Gasteiger partial charge in [0, 0.05) is 17.8 Å². The van der Waals surface area contributed by atoms with E-state index in [0.29, 0.717) is 22.8 Å². The van der Waals surface area contributed by atoms with E-state index in [2.05, 4.69) is 9.97 Å². The Kier molecular flexibility index (Phi) is 2.90. The molecule has 6 heteroatoms. The van der Waals surface area contributed by atoms with E-state index in [1.54, 1.807) is 29.1 Å². The van der Waals surface area contributed by atoms with Crippen molar-refractivity contribution in [2.24, 2.45) is 0 Å². The van der Waals surface area contributed by atoms with Gasteiger partial charge < -0.3 is 5.73 Å². The van der Waals surface area contributed by atoms with Gasteiger partial charge in [0.2, 0.25) is 0 Å². The molecule has 0 aliphatic rings. The van der Waals surface area contributed by atoms with Gasteiger partial charge in [-0.2, -0.15) is 0 Å². The predicted octanol–water partition coefficient (Wildman–Crippen LogP) is 2.79. The Bertz CT molecular complexity index is 767. The third-order valence-electron chi connectivity index (χ3n) is 2.93. The van der Waals surface area contributed by atoms with Gasteiger partial charge in [-0.05, 0) is 24.3 Å². The summed E-state index contributed by atoms with van der Waals surface area (Å²) in [6.07, 6.45) is 4.68. The van der Waals surface area contributed by atoms with E-state index in [4.69, 9.17) is 5.73 Å². The molecule has 0 aliphatic heterocycles. The number of aromatic nitrogens is 3. The molecule has 0 bridgehead atoms. The van der Waals surface area contributed by atoms with Crippen LogP contribution in [0.25, 0.3) is 16.9 Å². The molecule has 2 heterocycles. The molecule has 0 aliphatic carbocycles. The average molecular weight is 272 g/mol. The second kappa shape index (κ2) is 4.73. The van der Waals surface area contributed by atoms with Crippen LogP contribution in [-0.4, -0.2) is 14.5 Å². The number of hydrogen-bond donors (Lipinski definition) is 1. The van der Waals surface area contributed by atoms with Crippen molar-refractivity contribution in [2.45, 2.75) is 0 Å². The molecular weight excluding hydrogens is 262 g/mol. The van der Waals surface area contributed by atoms with Gasteiger partial charge in [0.25, 0.3) is 0 Å². The third kappa shape index (κ3) is 2.01. The molecule has 100 valence electrons. The van der Waals surface area contributed by atoms with Crippen LogP contribution in [0.4, 0.5) is 14.6 Å². The average Bonchev–Trinajstić information content (AvgIpc) is 2.91. The number of rotatable bonds is 2. The number of nitrogen functional groups attached to an aromatic ring is 1. The summed E-state index contributed by atoms with van der Waals surface area (Å²) in [5, 5.41) is 0. The second-order valence-corrected chi connectivity index (χ2v) is 4.18. The summed E-state index contributed by atoms with van der Waals surface area (Å²) in [4.78, 5) is 8.04. The van der Waals surface area contributed by atoms with Crippen molar-refractivity contribution in [2.75, 3.05) is 5.73 Å². The second-order valence-electron chi connectivity index (χ2n) is 4.18. The third-order valence-corrected chi connectivity index (χ3v) is 2.93. The lowest BCUT2D eigenvalue weighted by atomic mass is 10.2. The molecule has 1 aromatic carbocycles. The molecule has 3 aromatic rings. The first kappa shape index (κ1) is 12.3. The van der Waals surface area contributed by atoms with Gasteiger partial charge >= 0.3 is 0 Å². The topological polar surface area (TPSA) is 56.7 Å². The van der Waals surface area contributed by atoms with Crippen LogP contribution >= 0.6 is 0 Å². The standard InChI is InChI=1S/C14H10F2N4/c15-11-4-3-9(6-12(11)16)20-8-18-7-13(20)10-2-1-5-19-14(10)17/h1-8H,(H2,17,19). The summed E-state index contributed by atoms with van der Waals surface area (Å²) in [5.74, 6) is -1.46. The highest BCUT2D eigenvalue weighted by Crippen LogP contribution is 2.26. The van der Waals surface area contributed by atoms with Gasteiger partial charge in [-0.25, -0.2) is 18.7 Å². The lowest BCUT2D eigenvalue weighted by molar-refractivity contribution is 0.508. The van der Waals surface area contributed by atoms with E-state index in [9.17, 15) is 8.78 Å². The Morgan fingerprint density at radius 1 is 1.10 bits per heavy atom. The van der Waals surface area contributed by atoms with Crippen molar-refractivity contribution >= 4 is 5.82 Å². The lowest BCUT2D eigenvalue weighted by Crippen LogP contribution is -2.00. The van der Waals surface area contributed by atoms with Gasteiger partial charge in [-0.1, -0.05) is 0 Å². The minimum atomic E-state index is -0.915. The number of imidazole rings is 1. The Labute approximate surface area is 113 Å². The first-order valence-electron chi connectivity index (χ1n) is 5.85. The Morgan fingerprint density at radius 2 is 1.95 bits per heavy atom. The summed E-state index contributed by atoms with van der Waals surface area (Å²) >= 11 is 0. The molecule has 0 atom stereocenters. The van der Waals surface area contributed by atoms with Crippen LogP contribution in [0.15, 0.2) is 49.1 Å². The molecule has 0 saturated heterocycles. The maximum Gasteiger partial charge on any atom is 0.160 e. The van der Waals surface area contributed by atoms with Crippen LogP contribution in [0.2, 0.25) is 0 Å². The molecule has 2 aromatic heterocycles. The zero-order chi connectivity index (χ0) is 14.1. The van der Waals surface area contributed by atoms with Crippen LogP contribution in [0.3, 0.4) is 0 Å². The van der Waals surface area contributed by atoms with E-state index in [1.165, 1.54) is 12.4 Å². The highest BCUT2D eigenvalue weighted by molar-refractivity contribution is 5.71. The summed E-state index contributed by atoms with van der Waals surface area (Å²) in [7, 11) is 0. The Hall–Kier alpha value is -2.76. The molecule has 0 amide bonds. The first-order valence-corrected chi connectivity index (χ1v) is 5.85. The predicted molar refractivity (Wildman–Crippen MR) is 71.1 cm³/mol. The summed E-state index contributed by atoms with van der Waals surface area (Å²) in [6.45, 7) is 0. The van der Waals surface area contributed by atoms with E-state index >= 15 is 0 Å². The van der Waals surface area contributed by atoms with Crippen LogP contribution in [0.5, 0.6) is 0 Å². The normalized spacial score (nSPS) is 10.7. The van der Waals surface area contributed by atoms with Gasteiger partial charge in [0.15, 0.2) is 11.6 Å². The fourth-order valence-electron chi connectivity index (χ4n) is 1.97. The first-order chi connectivity index (χ1) is 9.66. The highest BCUT2D eigenvalue weighted by atomic mass is 19.2. The number of halogens is 2. The number of pyridine rings is 1. The van der Waals surface area contributed by atoms with E-state index in [-0.39, 0.29) is 0 Å². The summed E-state index contributed by atoms with van der Waals surface area (Å²) in [6, 6.07) is 7.17. The highest BCUT2D eigenvalue weighted by Gasteiger charge is 2.11. The van der Waals surface area contributed by atoms with Crippen LogP contribution in [-0.2, 0) is 0 Å². The summed E-state index contributed by atoms with van der Waals surface area (Å²) in [5.41, 5.74) is 7.61.